The summed E-state index contributed by atoms with van der Waals surface area (Å²) >= 11 is 5.83. The van der Waals surface area contributed by atoms with Crippen molar-refractivity contribution in [3.63, 3.8) is 0 Å². The first-order chi connectivity index (χ1) is 9.86. The molecule has 0 aliphatic carbocycles. The standard InChI is InChI=1S/C14H19ClN2O4/c1-3-14(4-2,13(18)19)9-16-8-10-5-6-12(17(20)21)11(15)7-10/h5-7,16H,3-4,8-9H2,1-2H3,(H,18,19). The summed E-state index contributed by atoms with van der Waals surface area (Å²) in [5.74, 6) is -0.818. The molecule has 0 fully saturated rings. The molecule has 0 heterocycles. The number of hydrogen-bond acceptors (Lipinski definition) is 4. The van der Waals surface area contributed by atoms with Gasteiger partial charge in [0.2, 0.25) is 0 Å². The summed E-state index contributed by atoms with van der Waals surface area (Å²) < 4.78 is 0. The van der Waals surface area contributed by atoms with E-state index >= 15 is 0 Å². The molecule has 0 saturated carbocycles. The van der Waals surface area contributed by atoms with Gasteiger partial charge in [0.25, 0.3) is 5.69 Å². The molecule has 0 bridgehead atoms. The van der Waals surface area contributed by atoms with E-state index in [1.54, 1.807) is 6.07 Å². The van der Waals surface area contributed by atoms with Crippen LogP contribution >= 0.6 is 11.6 Å². The van der Waals surface area contributed by atoms with Crippen LogP contribution in [0.2, 0.25) is 5.02 Å². The molecule has 6 nitrogen and oxygen atoms in total. The SMILES string of the molecule is CCC(CC)(CNCc1ccc([N+](=O)[O-])c(Cl)c1)C(=O)O. The average molecular weight is 315 g/mol. The number of nitro groups is 1. The van der Waals surface area contributed by atoms with Crippen LogP contribution in [0, 0.1) is 15.5 Å². The smallest absolute Gasteiger partial charge is 0.310 e. The van der Waals surface area contributed by atoms with Crippen molar-refractivity contribution in [3.05, 3.63) is 38.9 Å². The van der Waals surface area contributed by atoms with Gasteiger partial charge in [0.15, 0.2) is 0 Å². The van der Waals surface area contributed by atoms with E-state index in [4.69, 9.17) is 11.6 Å². The highest BCUT2D eigenvalue weighted by atomic mass is 35.5. The molecule has 0 atom stereocenters. The van der Waals surface area contributed by atoms with Crippen LogP contribution in [0.3, 0.4) is 0 Å². The second-order valence-electron chi connectivity index (χ2n) is 4.94. The third-order valence-corrected chi connectivity index (χ3v) is 4.11. The zero-order valence-electron chi connectivity index (χ0n) is 12.1. The first kappa shape index (κ1) is 17.4. The van der Waals surface area contributed by atoms with Crippen molar-refractivity contribution in [1.82, 2.24) is 5.32 Å². The Hall–Kier alpha value is -1.66. The highest BCUT2D eigenvalue weighted by Gasteiger charge is 2.34. The lowest BCUT2D eigenvalue weighted by molar-refractivity contribution is -0.384. The second kappa shape index (κ2) is 7.38. The summed E-state index contributed by atoms with van der Waals surface area (Å²) in [5.41, 5.74) is -0.149. The maximum atomic E-state index is 11.4. The first-order valence-electron chi connectivity index (χ1n) is 6.73. The molecule has 0 amide bonds. The summed E-state index contributed by atoms with van der Waals surface area (Å²) in [5, 5.41) is 23.2. The van der Waals surface area contributed by atoms with Crippen molar-refractivity contribution in [2.75, 3.05) is 6.54 Å². The Balaban J connectivity index is 2.70. The summed E-state index contributed by atoms with van der Waals surface area (Å²) in [6.07, 6.45) is 1.07. The van der Waals surface area contributed by atoms with E-state index in [1.807, 2.05) is 13.8 Å². The summed E-state index contributed by atoms with van der Waals surface area (Å²) in [6, 6.07) is 4.48. The molecule has 0 spiro atoms. The first-order valence-corrected chi connectivity index (χ1v) is 7.11. The predicted octanol–water partition coefficient (Wildman–Crippen LogP) is 3.23. The monoisotopic (exact) mass is 314 g/mol. The molecule has 0 saturated heterocycles. The Bertz CT molecular complexity index is 530. The van der Waals surface area contributed by atoms with Gasteiger partial charge in [-0.2, -0.15) is 0 Å². The van der Waals surface area contributed by atoms with E-state index in [0.29, 0.717) is 25.9 Å². The molecule has 1 rings (SSSR count). The number of hydrogen-bond donors (Lipinski definition) is 2. The van der Waals surface area contributed by atoms with E-state index in [-0.39, 0.29) is 10.7 Å². The van der Waals surface area contributed by atoms with E-state index < -0.39 is 16.3 Å². The molecule has 0 radical (unpaired) electrons. The molecule has 21 heavy (non-hydrogen) atoms. The lowest BCUT2D eigenvalue weighted by atomic mass is 9.82. The van der Waals surface area contributed by atoms with Crippen LogP contribution in [0.15, 0.2) is 18.2 Å². The average Bonchev–Trinajstić information content (AvgIpc) is 2.43. The molecule has 1 aromatic rings. The van der Waals surface area contributed by atoms with Gasteiger partial charge in [-0.05, 0) is 24.5 Å². The van der Waals surface area contributed by atoms with Crippen molar-refractivity contribution in [2.45, 2.75) is 33.2 Å². The van der Waals surface area contributed by atoms with Crippen molar-refractivity contribution < 1.29 is 14.8 Å². The zero-order chi connectivity index (χ0) is 16.0. The van der Waals surface area contributed by atoms with Gasteiger partial charge in [0.05, 0.1) is 10.3 Å². The van der Waals surface area contributed by atoms with Crippen LogP contribution in [-0.4, -0.2) is 22.5 Å². The molecule has 116 valence electrons. The Morgan fingerprint density at radius 2 is 2.05 bits per heavy atom. The minimum absolute atomic E-state index is 0.0785. The number of nitrogens with one attached hydrogen (secondary N) is 1. The van der Waals surface area contributed by atoms with E-state index in [1.165, 1.54) is 12.1 Å². The zero-order valence-corrected chi connectivity index (χ0v) is 12.8. The number of aliphatic carboxylic acids is 1. The van der Waals surface area contributed by atoms with Gasteiger partial charge >= 0.3 is 5.97 Å². The quantitative estimate of drug-likeness (QED) is 0.567. The highest BCUT2D eigenvalue weighted by molar-refractivity contribution is 6.32. The molecule has 0 aromatic heterocycles. The van der Waals surface area contributed by atoms with Crippen molar-refractivity contribution in [2.24, 2.45) is 5.41 Å². The normalized spacial score (nSPS) is 11.4. The topological polar surface area (TPSA) is 92.5 Å². The molecular weight excluding hydrogens is 296 g/mol. The number of halogens is 1. The molecule has 1 aromatic carbocycles. The fourth-order valence-corrected chi connectivity index (χ4v) is 2.40. The third kappa shape index (κ3) is 4.15. The number of benzene rings is 1. The summed E-state index contributed by atoms with van der Waals surface area (Å²) in [6.45, 7) is 4.45. The summed E-state index contributed by atoms with van der Waals surface area (Å²) in [4.78, 5) is 21.5. The number of carboxylic acid groups (broad SMARTS) is 1. The molecule has 7 heteroatoms. The molecule has 0 aliphatic heterocycles. The van der Waals surface area contributed by atoms with Gasteiger partial charge in [-0.25, -0.2) is 0 Å². The van der Waals surface area contributed by atoms with Crippen LogP contribution < -0.4 is 5.32 Å². The van der Waals surface area contributed by atoms with Gasteiger partial charge in [-0.1, -0.05) is 31.5 Å². The van der Waals surface area contributed by atoms with Crippen molar-refractivity contribution in [1.29, 1.82) is 0 Å². The fourth-order valence-electron chi connectivity index (χ4n) is 2.13. The van der Waals surface area contributed by atoms with Crippen LogP contribution in [0.25, 0.3) is 0 Å². The van der Waals surface area contributed by atoms with Crippen LogP contribution in [0.5, 0.6) is 0 Å². The minimum atomic E-state index is -0.818. The number of nitro benzene ring substituents is 1. The van der Waals surface area contributed by atoms with Gasteiger partial charge in [0.1, 0.15) is 5.02 Å². The van der Waals surface area contributed by atoms with E-state index in [2.05, 4.69) is 5.32 Å². The predicted molar refractivity (Wildman–Crippen MR) is 80.5 cm³/mol. The van der Waals surface area contributed by atoms with Crippen LogP contribution in [-0.2, 0) is 11.3 Å². The Labute approximate surface area is 128 Å². The molecule has 0 unspecified atom stereocenters. The van der Waals surface area contributed by atoms with Crippen molar-refractivity contribution in [3.8, 4) is 0 Å². The van der Waals surface area contributed by atoms with Crippen molar-refractivity contribution >= 4 is 23.3 Å². The van der Waals surface area contributed by atoms with Crippen LogP contribution in [0.4, 0.5) is 5.69 Å². The number of carboxylic acids is 1. The van der Waals surface area contributed by atoms with Gasteiger partial charge in [0, 0.05) is 19.2 Å². The lowest BCUT2D eigenvalue weighted by Gasteiger charge is -2.27. The minimum Gasteiger partial charge on any atom is -0.481 e. The Morgan fingerprint density at radius 3 is 2.48 bits per heavy atom. The summed E-state index contributed by atoms with van der Waals surface area (Å²) in [7, 11) is 0. The van der Waals surface area contributed by atoms with E-state index in [0.717, 1.165) is 5.56 Å². The maximum absolute atomic E-state index is 11.4. The number of nitrogens with zero attached hydrogens (tertiary/aromatic N) is 1. The van der Waals surface area contributed by atoms with Gasteiger partial charge < -0.3 is 10.4 Å². The number of carbonyl (C=O) groups is 1. The third-order valence-electron chi connectivity index (χ3n) is 3.81. The number of rotatable bonds is 8. The van der Waals surface area contributed by atoms with Gasteiger partial charge in [-0.3, -0.25) is 14.9 Å². The Morgan fingerprint density at radius 1 is 1.43 bits per heavy atom. The van der Waals surface area contributed by atoms with Gasteiger partial charge in [-0.15, -0.1) is 0 Å². The maximum Gasteiger partial charge on any atom is 0.310 e. The lowest BCUT2D eigenvalue weighted by Crippen LogP contribution is -2.40. The molecular formula is C14H19ClN2O4. The molecule has 0 aliphatic rings. The van der Waals surface area contributed by atoms with Crippen LogP contribution in [0.1, 0.15) is 32.3 Å². The van der Waals surface area contributed by atoms with E-state index in [9.17, 15) is 20.0 Å². The highest BCUT2D eigenvalue weighted by Crippen LogP contribution is 2.27. The molecule has 2 N–H and O–H groups in total. The Kier molecular flexibility index (Phi) is 6.11. The fraction of sp³-hybridized carbons (Fsp3) is 0.500. The largest absolute Gasteiger partial charge is 0.481 e. The second-order valence-corrected chi connectivity index (χ2v) is 5.35.